The van der Waals surface area contributed by atoms with Gasteiger partial charge in [-0.05, 0) is 49.2 Å². The monoisotopic (exact) mass is 541 g/mol. The van der Waals surface area contributed by atoms with E-state index in [1.807, 2.05) is 54.6 Å². The molecule has 0 fully saturated rings. The minimum absolute atomic E-state index is 0.407. The van der Waals surface area contributed by atoms with Crippen molar-refractivity contribution in [2.45, 2.75) is 12.8 Å². The van der Waals surface area contributed by atoms with Crippen molar-refractivity contribution < 1.29 is 9.47 Å². The number of nitriles is 1. The molecule has 0 saturated carbocycles. The van der Waals surface area contributed by atoms with Crippen LogP contribution in [0.15, 0.2) is 87.2 Å². The molecule has 0 unspecified atom stereocenters. The van der Waals surface area contributed by atoms with Crippen LogP contribution in [0.2, 0.25) is 0 Å². The van der Waals surface area contributed by atoms with E-state index in [0.29, 0.717) is 34.5 Å². The summed E-state index contributed by atoms with van der Waals surface area (Å²) in [5.41, 5.74) is 3.82. The average Bonchev–Trinajstić information content (AvgIpc) is 3.38. The highest BCUT2D eigenvalue weighted by molar-refractivity contribution is 7.19. The van der Waals surface area contributed by atoms with Crippen molar-refractivity contribution in [2.75, 3.05) is 51.2 Å². The van der Waals surface area contributed by atoms with Crippen LogP contribution in [0.1, 0.15) is 18.4 Å². The van der Waals surface area contributed by atoms with E-state index in [-0.39, 0.29) is 0 Å². The number of thiophene rings is 1. The highest BCUT2D eigenvalue weighted by atomic mass is 32.1. The van der Waals surface area contributed by atoms with Crippen molar-refractivity contribution in [3.63, 3.8) is 0 Å². The SMILES string of the molecule is COCCCNc1ccc(N=Nc2sc(N=Nc3ccccc3)cc2C#N)c2c(NCCCOC)cccc12. The van der Waals surface area contributed by atoms with Crippen LogP contribution in [0, 0.1) is 11.3 Å². The fourth-order valence-corrected chi connectivity index (χ4v) is 4.68. The summed E-state index contributed by atoms with van der Waals surface area (Å²) in [6.45, 7) is 2.92. The van der Waals surface area contributed by atoms with E-state index in [4.69, 9.17) is 9.47 Å². The molecule has 0 saturated heterocycles. The molecule has 3 aromatic carbocycles. The van der Waals surface area contributed by atoms with Crippen molar-refractivity contribution in [3.8, 4) is 6.07 Å². The fourth-order valence-electron chi connectivity index (χ4n) is 3.93. The van der Waals surface area contributed by atoms with Crippen molar-refractivity contribution in [2.24, 2.45) is 20.5 Å². The molecule has 0 radical (unpaired) electrons. The molecule has 0 bridgehead atoms. The Morgan fingerprint density at radius 1 is 0.795 bits per heavy atom. The fraction of sp³-hybridized carbons (Fsp3) is 0.276. The van der Waals surface area contributed by atoms with Crippen molar-refractivity contribution in [1.29, 1.82) is 5.26 Å². The molecule has 0 aliphatic rings. The summed E-state index contributed by atoms with van der Waals surface area (Å²) in [6.07, 6.45) is 1.77. The third-order valence-electron chi connectivity index (χ3n) is 5.79. The molecule has 1 aromatic heterocycles. The summed E-state index contributed by atoms with van der Waals surface area (Å²) in [5, 5.41) is 37.4. The van der Waals surface area contributed by atoms with Gasteiger partial charge < -0.3 is 20.1 Å². The predicted molar refractivity (Wildman–Crippen MR) is 158 cm³/mol. The van der Waals surface area contributed by atoms with Crippen LogP contribution in [0.5, 0.6) is 0 Å². The number of fused-ring (bicyclic) bond motifs is 1. The average molecular weight is 542 g/mol. The van der Waals surface area contributed by atoms with Gasteiger partial charge in [0.05, 0.1) is 16.9 Å². The molecule has 2 N–H and O–H groups in total. The lowest BCUT2D eigenvalue weighted by Crippen LogP contribution is -2.06. The van der Waals surface area contributed by atoms with Crippen LogP contribution in [0.3, 0.4) is 0 Å². The number of anilines is 2. The number of hydrogen-bond acceptors (Lipinski definition) is 10. The lowest BCUT2D eigenvalue weighted by molar-refractivity contribution is 0.197. The molecular formula is C29H31N7O2S. The largest absolute Gasteiger partial charge is 0.385 e. The summed E-state index contributed by atoms with van der Waals surface area (Å²) in [6, 6.07) is 23.4. The molecule has 4 rings (SSSR count). The summed E-state index contributed by atoms with van der Waals surface area (Å²) in [5.74, 6) is 0. The van der Waals surface area contributed by atoms with E-state index < -0.39 is 0 Å². The van der Waals surface area contributed by atoms with Crippen LogP contribution in [-0.4, -0.2) is 40.5 Å². The molecule has 1 heterocycles. The van der Waals surface area contributed by atoms with E-state index in [9.17, 15) is 5.26 Å². The van der Waals surface area contributed by atoms with Gasteiger partial charge in [0.25, 0.3) is 0 Å². The number of methoxy groups -OCH3 is 2. The van der Waals surface area contributed by atoms with Crippen molar-refractivity contribution in [1.82, 2.24) is 0 Å². The molecule has 0 atom stereocenters. The predicted octanol–water partition coefficient (Wildman–Crippen LogP) is 8.50. The van der Waals surface area contributed by atoms with Gasteiger partial charge in [-0.3, -0.25) is 0 Å². The molecular weight excluding hydrogens is 510 g/mol. The second kappa shape index (κ2) is 14.7. The molecule has 9 nitrogen and oxygen atoms in total. The Morgan fingerprint density at radius 2 is 1.54 bits per heavy atom. The van der Waals surface area contributed by atoms with E-state index >= 15 is 0 Å². The van der Waals surface area contributed by atoms with Crippen LogP contribution in [0.4, 0.5) is 32.8 Å². The molecule has 200 valence electrons. The summed E-state index contributed by atoms with van der Waals surface area (Å²) < 4.78 is 10.4. The molecule has 0 spiro atoms. The number of hydrogen-bond donors (Lipinski definition) is 2. The van der Waals surface area contributed by atoms with Gasteiger partial charge in [0, 0.05) is 62.7 Å². The van der Waals surface area contributed by atoms with Crippen LogP contribution in [0.25, 0.3) is 10.8 Å². The number of azo groups is 2. The number of nitrogens with zero attached hydrogens (tertiary/aromatic N) is 5. The second-order valence-corrected chi connectivity index (χ2v) is 9.57. The molecule has 0 aliphatic heterocycles. The Hall–Kier alpha value is -4.17. The Bertz CT molecular complexity index is 1460. The minimum atomic E-state index is 0.407. The third-order valence-corrected chi connectivity index (χ3v) is 6.69. The smallest absolute Gasteiger partial charge is 0.158 e. The number of ether oxygens (including phenoxy) is 2. The summed E-state index contributed by atoms with van der Waals surface area (Å²) in [7, 11) is 3.41. The Morgan fingerprint density at radius 3 is 2.26 bits per heavy atom. The second-order valence-electron chi connectivity index (χ2n) is 8.56. The van der Waals surface area contributed by atoms with Gasteiger partial charge in [0.2, 0.25) is 0 Å². The zero-order chi connectivity index (χ0) is 27.3. The molecule has 10 heteroatoms. The Labute approximate surface area is 232 Å². The van der Waals surface area contributed by atoms with Crippen LogP contribution in [-0.2, 0) is 9.47 Å². The highest BCUT2D eigenvalue weighted by Crippen LogP contribution is 2.41. The van der Waals surface area contributed by atoms with E-state index in [1.54, 1.807) is 20.3 Å². The molecule has 4 aromatic rings. The first-order valence-corrected chi connectivity index (χ1v) is 13.5. The lowest BCUT2D eigenvalue weighted by Gasteiger charge is -2.15. The van der Waals surface area contributed by atoms with Gasteiger partial charge in [0.15, 0.2) is 5.00 Å². The first-order chi connectivity index (χ1) is 19.2. The molecule has 0 amide bonds. The topological polar surface area (TPSA) is 116 Å². The molecule has 0 aliphatic carbocycles. The Kier molecular flexibility index (Phi) is 10.5. The van der Waals surface area contributed by atoms with Gasteiger partial charge in [-0.25, -0.2) is 0 Å². The standard InChI is InChI=1S/C29H31N7O2S/c1-37-17-7-15-31-24-13-14-26(28-23(24)11-6-12-25(28)32-16-8-18-38-2)34-36-29-21(20-30)19-27(39-29)35-33-22-9-4-3-5-10-22/h3-6,9-14,19,31-32H,7-8,15-18H2,1-2H3. The first kappa shape index (κ1) is 27.9. The first-order valence-electron chi connectivity index (χ1n) is 12.7. The number of rotatable bonds is 14. The zero-order valence-corrected chi connectivity index (χ0v) is 22.9. The van der Waals surface area contributed by atoms with Gasteiger partial charge in [-0.15, -0.1) is 20.5 Å². The quantitative estimate of drug-likeness (QED) is 0.123. The third kappa shape index (κ3) is 7.67. The Balaban J connectivity index is 1.65. The number of nitrogens with one attached hydrogen (secondary N) is 2. The highest BCUT2D eigenvalue weighted by Gasteiger charge is 2.12. The van der Waals surface area contributed by atoms with E-state index in [2.05, 4.69) is 43.2 Å². The van der Waals surface area contributed by atoms with Gasteiger partial charge in [-0.1, -0.05) is 41.7 Å². The zero-order valence-electron chi connectivity index (χ0n) is 22.1. The molecule has 39 heavy (non-hydrogen) atoms. The minimum Gasteiger partial charge on any atom is -0.385 e. The maximum atomic E-state index is 9.67. The number of benzene rings is 3. The van der Waals surface area contributed by atoms with E-state index in [0.717, 1.165) is 53.8 Å². The van der Waals surface area contributed by atoms with Gasteiger partial charge in [-0.2, -0.15) is 5.26 Å². The van der Waals surface area contributed by atoms with Gasteiger partial charge >= 0.3 is 0 Å². The maximum absolute atomic E-state index is 9.67. The maximum Gasteiger partial charge on any atom is 0.158 e. The normalized spacial score (nSPS) is 11.4. The summed E-state index contributed by atoms with van der Waals surface area (Å²) in [4.78, 5) is 0. The summed E-state index contributed by atoms with van der Waals surface area (Å²) >= 11 is 1.27. The van der Waals surface area contributed by atoms with Crippen molar-refractivity contribution >= 4 is 54.9 Å². The van der Waals surface area contributed by atoms with Gasteiger partial charge in [0.1, 0.15) is 11.1 Å². The van der Waals surface area contributed by atoms with Crippen LogP contribution < -0.4 is 10.6 Å². The lowest BCUT2D eigenvalue weighted by atomic mass is 10.0. The van der Waals surface area contributed by atoms with Crippen molar-refractivity contribution in [3.05, 3.63) is 72.3 Å². The van der Waals surface area contributed by atoms with E-state index in [1.165, 1.54) is 11.3 Å². The van der Waals surface area contributed by atoms with Crippen LogP contribution >= 0.6 is 11.3 Å².